The summed E-state index contributed by atoms with van der Waals surface area (Å²) in [6.07, 6.45) is 10.5. The van der Waals surface area contributed by atoms with Crippen molar-refractivity contribution in [2.24, 2.45) is 0 Å². The van der Waals surface area contributed by atoms with Gasteiger partial charge < -0.3 is 4.90 Å². The highest BCUT2D eigenvalue weighted by atomic mass is 16.2. The summed E-state index contributed by atoms with van der Waals surface area (Å²) in [5, 5.41) is 0. The second-order valence-corrected chi connectivity index (χ2v) is 3.06. The molecular formula is C11H13N3O. The smallest absolute Gasteiger partial charge is 0.257 e. The van der Waals surface area contributed by atoms with Gasteiger partial charge in [0.05, 0.1) is 12.1 Å². The summed E-state index contributed by atoms with van der Waals surface area (Å²) in [5.74, 6) is 2.35. The van der Waals surface area contributed by atoms with Gasteiger partial charge in [0.1, 0.15) is 6.33 Å². The highest BCUT2D eigenvalue weighted by Crippen LogP contribution is 2.02. The van der Waals surface area contributed by atoms with Crippen LogP contribution < -0.4 is 0 Å². The SMILES string of the molecule is C#CCN(CCC)C(=O)c1cncnc1. The average Bonchev–Trinajstić information content (AvgIpc) is 2.29. The molecule has 78 valence electrons. The maximum atomic E-state index is 11.9. The van der Waals surface area contributed by atoms with E-state index >= 15 is 0 Å². The van der Waals surface area contributed by atoms with Gasteiger partial charge in [0, 0.05) is 18.9 Å². The third-order valence-electron chi connectivity index (χ3n) is 1.87. The number of aromatic nitrogens is 2. The van der Waals surface area contributed by atoms with Crippen LogP contribution in [-0.2, 0) is 0 Å². The molecule has 0 N–H and O–H groups in total. The summed E-state index contributed by atoms with van der Waals surface area (Å²) >= 11 is 0. The van der Waals surface area contributed by atoms with Crippen LogP contribution in [0, 0.1) is 12.3 Å². The zero-order chi connectivity index (χ0) is 11.1. The molecule has 0 fully saturated rings. The normalized spacial score (nSPS) is 9.33. The van der Waals surface area contributed by atoms with E-state index in [9.17, 15) is 4.79 Å². The number of carbonyl (C=O) groups is 1. The van der Waals surface area contributed by atoms with Crippen molar-refractivity contribution in [3.8, 4) is 12.3 Å². The van der Waals surface area contributed by atoms with Gasteiger partial charge in [0.15, 0.2) is 0 Å². The molecule has 1 aromatic heterocycles. The van der Waals surface area contributed by atoms with Gasteiger partial charge in [-0.3, -0.25) is 4.79 Å². The average molecular weight is 203 g/mol. The number of amides is 1. The van der Waals surface area contributed by atoms with E-state index in [4.69, 9.17) is 6.42 Å². The van der Waals surface area contributed by atoms with Crippen LogP contribution in [0.2, 0.25) is 0 Å². The minimum atomic E-state index is -0.115. The zero-order valence-corrected chi connectivity index (χ0v) is 8.68. The monoisotopic (exact) mass is 203 g/mol. The lowest BCUT2D eigenvalue weighted by atomic mass is 10.3. The molecular weight excluding hydrogens is 190 g/mol. The van der Waals surface area contributed by atoms with Gasteiger partial charge in [-0.05, 0) is 6.42 Å². The minimum Gasteiger partial charge on any atom is -0.327 e. The Balaban J connectivity index is 2.77. The van der Waals surface area contributed by atoms with Gasteiger partial charge >= 0.3 is 0 Å². The second kappa shape index (κ2) is 5.76. The first-order valence-corrected chi connectivity index (χ1v) is 4.77. The predicted molar refractivity (Wildman–Crippen MR) is 57.1 cm³/mol. The Hall–Kier alpha value is -1.89. The third-order valence-corrected chi connectivity index (χ3v) is 1.87. The molecule has 1 amide bonds. The van der Waals surface area contributed by atoms with Crippen molar-refractivity contribution in [3.63, 3.8) is 0 Å². The first-order chi connectivity index (χ1) is 7.29. The largest absolute Gasteiger partial charge is 0.327 e. The second-order valence-electron chi connectivity index (χ2n) is 3.06. The molecule has 0 aliphatic rings. The van der Waals surface area contributed by atoms with Crippen molar-refractivity contribution >= 4 is 5.91 Å². The van der Waals surface area contributed by atoms with Crippen LogP contribution in [0.1, 0.15) is 23.7 Å². The highest BCUT2D eigenvalue weighted by Gasteiger charge is 2.13. The van der Waals surface area contributed by atoms with Gasteiger partial charge in [-0.25, -0.2) is 9.97 Å². The molecule has 4 nitrogen and oxygen atoms in total. The minimum absolute atomic E-state index is 0.115. The van der Waals surface area contributed by atoms with Gasteiger partial charge in [-0.1, -0.05) is 12.8 Å². The number of terminal acetylenes is 1. The standard InChI is InChI=1S/C11H13N3O/c1-3-5-14(6-4-2)11(15)10-7-12-9-13-8-10/h1,7-9H,4-6H2,2H3. The molecule has 0 aliphatic heterocycles. The first-order valence-electron chi connectivity index (χ1n) is 4.77. The molecule has 4 heteroatoms. The summed E-state index contributed by atoms with van der Waals surface area (Å²) in [5.41, 5.74) is 0.473. The van der Waals surface area contributed by atoms with Crippen LogP contribution in [0.5, 0.6) is 0 Å². The molecule has 0 spiro atoms. The summed E-state index contributed by atoms with van der Waals surface area (Å²) in [4.78, 5) is 21.1. The molecule has 0 saturated carbocycles. The van der Waals surface area contributed by atoms with E-state index in [2.05, 4.69) is 15.9 Å². The van der Waals surface area contributed by atoms with Crippen LogP contribution in [0.3, 0.4) is 0 Å². The zero-order valence-electron chi connectivity index (χ0n) is 8.68. The molecule has 0 saturated heterocycles. The highest BCUT2D eigenvalue weighted by molar-refractivity contribution is 5.93. The lowest BCUT2D eigenvalue weighted by Gasteiger charge is -2.18. The Morgan fingerprint density at radius 3 is 2.73 bits per heavy atom. The van der Waals surface area contributed by atoms with Gasteiger partial charge in [-0.15, -0.1) is 6.42 Å². The van der Waals surface area contributed by atoms with Crippen molar-refractivity contribution < 1.29 is 4.79 Å². The van der Waals surface area contributed by atoms with Crippen molar-refractivity contribution in [2.45, 2.75) is 13.3 Å². The Labute approximate surface area is 89.3 Å². The van der Waals surface area contributed by atoms with Crippen molar-refractivity contribution in [1.29, 1.82) is 0 Å². The van der Waals surface area contributed by atoms with E-state index < -0.39 is 0 Å². The number of hydrogen-bond donors (Lipinski definition) is 0. The summed E-state index contributed by atoms with van der Waals surface area (Å²) in [6.45, 7) is 2.97. The van der Waals surface area contributed by atoms with E-state index in [0.29, 0.717) is 18.7 Å². The fourth-order valence-corrected chi connectivity index (χ4v) is 1.22. The molecule has 1 aromatic rings. The maximum absolute atomic E-state index is 11.9. The van der Waals surface area contributed by atoms with Crippen LogP contribution >= 0.6 is 0 Å². The third kappa shape index (κ3) is 3.06. The Morgan fingerprint density at radius 2 is 2.20 bits per heavy atom. The van der Waals surface area contributed by atoms with E-state index in [1.54, 1.807) is 4.90 Å². The van der Waals surface area contributed by atoms with Crippen LogP contribution in [0.4, 0.5) is 0 Å². The van der Waals surface area contributed by atoms with E-state index in [0.717, 1.165) is 6.42 Å². The lowest BCUT2D eigenvalue weighted by Crippen LogP contribution is -2.32. The van der Waals surface area contributed by atoms with Gasteiger partial charge in [0.2, 0.25) is 0 Å². The van der Waals surface area contributed by atoms with Crippen molar-refractivity contribution in [3.05, 3.63) is 24.3 Å². The fraction of sp³-hybridized carbons (Fsp3) is 0.364. The number of rotatable bonds is 4. The molecule has 0 bridgehead atoms. The Kier molecular flexibility index (Phi) is 4.30. The number of nitrogens with zero attached hydrogens (tertiary/aromatic N) is 3. The summed E-state index contributed by atoms with van der Waals surface area (Å²) in [6, 6.07) is 0. The quantitative estimate of drug-likeness (QED) is 0.685. The maximum Gasteiger partial charge on any atom is 0.257 e. The van der Waals surface area contributed by atoms with E-state index in [1.165, 1.54) is 18.7 Å². The van der Waals surface area contributed by atoms with Gasteiger partial charge in [0.25, 0.3) is 5.91 Å². The molecule has 0 aliphatic carbocycles. The molecule has 15 heavy (non-hydrogen) atoms. The van der Waals surface area contributed by atoms with Gasteiger partial charge in [-0.2, -0.15) is 0 Å². The Bertz CT molecular complexity index is 356. The fourth-order valence-electron chi connectivity index (χ4n) is 1.22. The Morgan fingerprint density at radius 1 is 1.53 bits per heavy atom. The number of carbonyl (C=O) groups excluding carboxylic acids is 1. The van der Waals surface area contributed by atoms with Crippen LogP contribution in [0.15, 0.2) is 18.7 Å². The first kappa shape index (κ1) is 11.2. The van der Waals surface area contributed by atoms with Crippen molar-refractivity contribution in [2.75, 3.05) is 13.1 Å². The van der Waals surface area contributed by atoms with Crippen LogP contribution in [-0.4, -0.2) is 33.9 Å². The van der Waals surface area contributed by atoms with Crippen LogP contribution in [0.25, 0.3) is 0 Å². The molecule has 0 unspecified atom stereocenters. The molecule has 0 aromatic carbocycles. The summed E-state index contributed by atoms with van der Waals surface area (Å²) < 4.78 is 0. The molecule has 1 rings (SSSR count). The number of hydrogen-bond acceptors (Lipinski definition) is 3. The molecule has 0 radical (unpaired) electrons. The lowest BCUT2D eigenvalue weighted by molar-refractivity contribution is 0.0776. The molecule has 0 atom stereocenters. The summed E-state index contributed by atoms with van der Waals surface area (Å²) in [7, 11) is 0. The molecule has 1 heterocycles. The van der Waals surface area contributed by atoms with E-state index in [1.807, 2.05) is 6.92 Å². The van der Waals surface area contributed by atoms with Crippen molar-refractivity contribution in [1.82, 2.24) is 14.9 Å². The predicted octanol–water partition coefficient (Wildman–Crippen LogP) is 0.962. The van der Waals surface area contributed by atoms with E-state index in [-0.39, 0.29) is 5.91 Å². The topological polar surface area (TPSA) is 46.1 Å².